The Bertz CT molecular complexity index is 1020. The van der Waals surface area contributed by atoms with Crippen molar-refractivity contribution in [2.75, 3.05) is 10.6 Å². The first-order valence-corrected chi connectivity index (χ1v) is 8.88. The van der Waals surface area contributed by atoms with Crippen LogP contribution in [0.3, 0.4) is 0 Å². The van der Waals surface area contributed by atoms with E-state index in [4.69, 9.17) is 9.26 Å². The van der Waals surface area contributed by atoms with Crippen LogP contribution in [0.25, 0.3) is 11.4 Å². The van der Waals surface area contributed by atoms with Crippen LogP contribution in [0.1, 0.15) is 19.2 Å². The van der Waals surface area contributed by atoms with Crippen LogP contribution in [0.4, 0.5) is 11.4 Å². The minimum Gasteiger partial charge on any atom is -0.479 e. The first-order chi connectivity index (χ1) is 13.6. The topological polar surface area (TPSA) is 106 Å². The molecule has 1 aliphatic rings. The molecule has 2 aromatic carbocycles. The second-order valence-electron chi connectivity index (χ2n) is 6.39. The van der Waals surface area contributed by atoms with Gasteiger partial charge in [-0.2, -0.15) is 4.98 Å². The molecule has 28 heavy (non-hydrogen) atoms. The summed E-state index contributed by atoms with van der Waals surface area (Å²) in [6.45, 7) is 1.68. The predicted octanol–water partition coefficient (Wildman–Crippen LogP) is 3.03. The molecule has 1 aromatic heterocycles. The number of carbonyl (C=O) groups is 2. The fourth-order valence-corrected chi connectivity index (χ4v) is 2.79. The van der Waals surface area contributed by atoms with Crippen LogP contribution < -0.4 is 15.4 Å². The maximum atomic E-state index is 12.2. The lowest BCUT2D eigenvalue weighted by Crippen LogP contribution is -2.34. The van der Waals surface area contributed by atoms with Gasteiger partial charge in [0.25, 0.3) is 5.91 Å². The normalized spacial score (nSPS) is 15.3. The van der Waals surface area contributed by atoms with E-state index >= 15 is 0 Å². The summed E-state index contributed by atoms with van der Waals surface area (Å²) in [6, 6.07) is 14.6. The summed E-state index contributed by atoms with van der Waals surface area (Å²) in [5.74, 6) is 1.05. The molecule has 0 radical (unpaired) electrons. The lowest BCUT2D eigenvalue weighted by molar-refractivity contribution is -0.122. The quantitative estimate of drug-likeness (QED) is 0.707. The molecule has 8 nitrogen and oxygen atoms in total. The Morgan fingerprint density at radius 2 is 2.04 bits per heavy atom. The third kappa shape index (κ3) is 3.85. The monoisotopic (exact) mass is 378 g/mol. The van der Waals surface area contributed by atoms with Crippen molar-refractivity contribution in [3.63, 3.8) is 0 Å². The fourth-order valence-electron chi connectivity index (χ4n) is 2.79. The van der Waals surface area contributed by atoms with E-state index in [1.165, 1.54) is 0 Å². The number of hydrogen-bond acceptors (Lipinski definition) is 6. The molecule has 0 saturated carbocycles. The SMILES string of the molecule is C[C@@H]1Oc2ccc(NC(=O)CCc3nc(-c4ccccc4)no3)cc2NC1=O. The number of ether oxygens (including phenoxy) is 1. The molecular weight excluding hydrogens is 360 g/mol. The molecule has 0 bridgehead atoms. The van der Waals surface area contributed by atoms with Gasteiger partial charge in [0.2, 0.25) is 17.6 Å². The summed E-state index contributed by atoms with van der Waals surface area (Å²) >= 11 is 0. The van der Waals surface area contributed by atoms with Gasteiger partial charge in [0.05, 0.1) is 5.69 Å². The molecule has 0 fully saturated rings. The van der Waals surface area contributed by atoms with Crippen molar-refractivity contribution in [2.45, 2.75) is 25.9 Å². The number of nitrogens with one attached hydrogen (secondary N) is 2. The molecule has 4 rings (SSSR count). The number of anilines is 2. The van der Waals surface area contributed by atoms with Gasteiger partial charge in [-0.05, 0) is 25.1 Å². The van der Waals surface area contributed by atoms with Crippen LogP contribution in [0, 0.1) is 0 Å². The van der Waals surface area contributed by atoms with Gasteiger partial charge in [0.15, 0.2) is 6.10 Å². The lowest BCUT2D eigenvalue weighted by Gasteiger charge is -2.23. The van der Waals surface area contributed by atoms with Crippen molar-refractivity contribution in [3.8, 4) is 17.1 Å². The van der Waals surface area contributed by atoms with Crippen LogP contribution in [-0.2, 0) is 16.0 Å². The zero-order valence-corrected chi connectivity index (χ0v) is 15.1. The Morgan fingerprint density at radius 1 is 1.21 bits per heavy atom. The second-order valence-corrected chi connectivity index (χ2v) is 6.39. The number of amides is 2. The van der Waals surface area contributed by atoms with E-state index in [0.717, 1.165) is 5.56 Å². The van der Waals surface area contributed by atoms with Crippen LogP contribution in [0.5, 0.6) is 5.75 Å². The van der Waals surface area contributed by atoms with Crippen LogP contribution in [0.2, 0.25) is 0 Å². The number of benzene rings is 2. The van der Waals surface area contributed by atoms with Crippen molar-refractivity contribution >= 4 is 23.2 Å². The van der Waals surface area contributed by atoms with Crippen molar-refractivity contribution in [1.29, 1.82) is 0 Å². The van der Waals surface area contributed by atoms with Crippen molar-refractivity contribution in [1.82, 2.24) is 10.1 Å². The second kappa shape index (κ2) is 7.51. The van der Waals surface area contributed by atoms with Gasteiger partial charge in [-0.25, -0.2) is 0 Å². The summed E-state index contributed by atoms with van der Waals surface area (Å²) in [5, 5.41) is 9.48. The van der Waals surface area contributed by atoms with E-state index in [2.05, 4.69) is 20.8 Å². The minimum atomic E-state index is -0.539. The van der Waals surface area contributed by atoms with Crippen LogP contribution >= 0.6 is 0 Å². The maximum Gasteiger partial charge on any atom is 0.265 e. The Kier molecular flexibility index (Phi) is 4.76. The third-order valence-electron chi connectivity index (χ3n) is 4.26. The molecule has 1 aliphatic heterocycles. The Hall–Kier alpha value is -3.68. The lowest BCUT2D eigenvalue weighted by atomic mass is 10.2. The van der Waals surface area contributed by atoms with E-state index in [1.807, 2.05) is 30.3 Å². The summed E-state index contributed by atoms with van der Waals surface area (Å²) in [4.78, 5) is 28.2. The molecule has 0 aliphatic carbocycles. The maximum absolute atomic E-state index is 12.2. The number of hydrogen-bond donors (Lipinski definition) is 2. The Labute approximate surface area is 160 Å². The van der Waals surface area contributed by atoms with E-state index in [-0.39, 0.29) is 18.2 Å². The highest BCUT2D eigenvalue weighted by atomic mass is 16.5. The van der Waals surface area contributed by atoms with Gasteiger partial charge in [0.1, 0.15) is 5.75 Å². The number of aryl methyl sites for hydroxylation is 1. The summed E-state index contributed by atoms with van der Waals surface area (Å²) in [7, 11) is 0. The standard InChI is InChI=1S/C20H18N4O4/c1-12-20(26)22-15-11-14(7-8-16(15)27-12)21-17(25)9-10-18-23-19(24-28-18)13-5-3-2-4-6-13/h2-8,11-12H,9-10H2,1H3,(H,21,25)(H,22,26)/t12-/m0/s1. The molecule has 8 heteroatoms. The average molecular weight is 378 g/mol. The van der Waals surface area contributed by atoms with Gasteiger partial charge in [0, 0.05) is 24.1 Å². The van der Waals surface area contributed by atoms with Gasteiger partial charge < -0.3 is 19.9 Å². The molecule has 142 valence electrons. The predicted molar refractivity (Wildman–Crippen MR) is 102 cm³/mol. The molecule has 2 heterocycles. The van der Waals surface area contributed by atoms with Crippen molar-refractivity contribution < 1.29 is 18.8 Å². The highest BCUT2D eigenvalue weighted by Crippen LogP contribution is 2.32. The number of rotatable bonds is 5. The molecule has 2 N–H and O–H groups in total. The summed E-state index contributed by atoms with van der Waals surface area (Å²) in [6.07, 6.45) is -0.0235. The zero-order valence-electron chi connectivity index (χ0n) is 15.1. The zero-order chi connectivity index (χ0) is 19.5. The molecule has 0 saturated heterocycles. The largest absolute Gasteiger partial charge is 0.479 e. The molecule has 1 atom stereocenters. The Balaban J connectivity index is 1.35. The first-order valence-electron chi connectivity index (χ1n) is 8.88. The molecule has 0 spiro atoms. The van der Waals surface area contributed by atoms with Gasteiger partial charge in [-0.1, -0.05) is 35.5 Å². The van der Waals surface area contributed by atoms with E-state index in [0.29, 0.717) is 35.3 Å². The Morgan fingerprint density at radius 3 is 2.86 bits per heavy atom. The molecule has 2 amide bonds. The van der Waals surface area contributed by atoms with E-state index in [1.54, 1.807) is 25.1 Å². The number of carbonyl (C=O) groups excluding carboxylic acids is 2. The van der Waals surface area contributed by atoms with Gasteiger partial charge in [-0.3, -0.25) is 9.59 Å². The van der Waals surface area contributed by atoms with Crippen molar-refractivity contribution in [2.24, 2.45) is 0 Å². The molecular formula is C20H18N4O4. The number of aromatic nitrogens is 2. The van der Waals surface area contributed by atoms with Crippen LogP contribution in [-0.4, -0.2) is 28.1 Å². The highest BCUT2D eigenvalue weighted by Gasteiger charge is 2.23. The minimum absolute atomic E-state index is 0.188. The summed E-state index contributed by atoms with van der Waals surface area (Å²) in [5.41, 5.74) is 1.96. The average Bonchev–Trinajstić information content (AvgIpc) is 3.17. The molecule has 0 unspecified atom stereocenters. The van der Waals surface area contributed by atoms with Crippen molar-refractivity contribution in [3.05, 3.63) is 54.4 Å². The third-order valence-corrected chi connectivity index (χ3v) is 4.26. The first kappa shape index (κ1) is 17.7. The van der Waals surface area contributed by atoms with E-state index in [9.17, 15) is 9.59 Å². The van der Waals surface area contributed by atoms with Crippen LogP contribution in [0.15, 0.2) is 53.1 Å². The van der Waals surface area contributed by atoms with Gasteiger partial charge in [-0.15, -0.1) is 0 Å². The fraction of sp³-hybridized carbons (Fsp3) is 0.200. The number of fused-ring (bicyclic) bond motifs is 1. The molecule has 3 aromatic rings. The summed E-state index contributed by atoms with van der Waals surface area (Å²) < 4.78 is 10.7. The smallest absolute Gasteiger partial charge is 0.265 e. The highest BCUT2D eigenvalue weighted by molar-refractivity contribution is 5.99. The number of nitrogens with zero attached hydrogens (tertiary/aromatic N) is 2. The van der Waals surface area contributed by atoms with Gasteiger partial charge >= 0.3 is 0 Å². The van der Waals surface area contributed by atoms with E-state index < -0.39 is 6.10 Å².